The lowest BCUT2D eigenvalue weighted by Gasteiger charge is -2.04. The number of fused-ring (bicyclic) bond motifs is 1. The first-order chi connectivity index (χ1) is 12.6. The summed E-state index contributed by atoms with van der Waals surface area (Å²) in [7, 11) is 0. The number of hydrogen-bond acceptors (Lipinski definition) is 4. The monoisotopic (exact) mass is 407 g/mol. The van der Waals surface area contributed by atoms with Crippen LogP contribution in [-0.2, 0) is 0 Å². The van der Waals surface area contributed by atoms with Crippen molar-refractivity contribution in [3.8, 4) is 5.69 Å². The zero-order valence-corrected chi connectivity index (χ0v) is 15.4. The number of aromatic nitrogens is 4. The van der Waals surface area contributed by atoms with Gasteiger partial charge in [-0.1, -0.05) is 17.7 Å². The summed E-state index contributed by atoms with van der Waals surface area (Å²) in [5, 5.41) is 11.8. The quantitative estimate of drug-likeness (QED) is 0.553. The number of nitrogens with zero attached hydrogens (tertiary/aromatic N) is 4. The lowest BCUT2D eigenvalue weighted by Crippen LogP contribution is -2.12. The molecule has 7 heteroatoms. The van der Waals surface area contributed by atoms with E-state index in [0.29, 0.717) is 16.8 Å². The van der Waals surface area contributed by atoms with Gasteiger partial charge in [-0.05, 0) is 59.3 Å². The number of hydrogen-bond donors (Lipinski definition) is 1. The smallest absolute Gasteiger partial charge is 0.257 e. The topological polar surface area (TPSA) is 72.7 Å². The lowest BCUT2D eigenvalue weighted by atomic mass is 10.2. The van der Waals surface area contributed by atoms with E-state index in [0.717, 1.165) is 15.7 Å². The highest BCUT2D eigenvalue weighted by Gasteiger charge is 2.10. The Kier molecular flexibility index (Phi) is 4.22. The first kappa shape index (κ1) is 16.4. The Morgan fingerprint density at radius 2 is 1.77 bits per heavy atom. The van der Waals surface area contributed by atoms with E-state index in [1.807, 2.05) is 37.3 Å². The van der Waals surface area contributed by atoms with E-state index >= 15 is 0 Å². The van der Waals surface area contributed by atoms with E-state index in [1.54, 1.807) is 29.2 Å². The van der Waals surface area contributed by atoms with Crippen molar-refractivity contribution in [2.24, 2.45) is 0 Å². The molecule has 2 aromatic heterocycles. The number of aryl methyl sites for hydroxylation is 1. The highest BCUT2D eigenvalue weighted by Crippen LogP contribution is 2.19. The van der Waals surface area contributed by atoms with Crippen LogP contribution in [0.25, 0.3) is 16.7 Å². The minimum atomic E-state index is -0.232. The van der Waals surface area contributed by atoms with E-state index in [-0.39, 0.29) is 5.91 Å². The van der Waals surface area contributed by atoms with Gasteiger partial charge in [0, 0.05) is 22.6 Å². The minimum absolute atomic E-state index is 0.232. The first-order valence-electron chi connectivity index (χ1n) is 7.94. The summed E-state index contributed by atoms with van der Waals surface area (Å²) in [6.45, 7) is 2.03. The average molecular weight is 408 g/mol. The van der Waals surface area contributed by atoms with Gasteiger partial charge in [-0.15, -0.1) is 10.2 Å². The maximum atomic E-state index is 12.3. The molecule has 0 saturated carbocycles. The molecule has 0 bridgehead atoms. The van der Waals surface area contributed by atoms with Crippen LogP contribution in [0.1, 0.15) is 15.9 Å². The molecule has 26 heavy (non-hydrogen) atoms. The van der Waals surface area contributed by atoms with Gasteiger partial charge in [-0.25, -0.2) is 0 Å². The van der Waals surface area contributed by atoms with Crippen LogP contribution in [0.4, 0.5) is 5.69 Å². The third-order valence-corrected chi connectivity index (χ3v) is 4.30. The van der Waals surface area contributed by atoms with E-state index in [9.17, 15) is 4.79 Å². The van der Waals surface area contributed by atoms with Gasteiger partial charge in [0.25, 0.3) is 5.91 Å². The second-order valence-electron chi connectivity index (χ2n) is 5.87. The predicted molar refractivity (Wildman–Crippen MR) is 103 cm³/mol. The van der Waals surface area contributed by atoms with Crippen LogP contribution in [0.3, 0.4) is 0 Å². The largest absolute Gasteiger partial charge is 0.322 e. The summed E-state index contributed by atoms with van der Waals surface area (Å²) in [6.07, 6.45) is 3.15. The molecular weight excluding hydrogens is 394 g/mol. The Morgan fingerprint density at radius 1 is 1.00 bits per heavy atom. The van der Waals surface area contributed by atoms with Gasteiger partial charge < -0.3 is 5.32 Å². The molecule has 0 aliphatic rings. The highest BCUT2D eigenvalue weighted by molar-refractivity contribution is 9.10. The van der Waals surface area contributed by atoms with Crippen LogP contribution in [0, 0.1) is 6.92 Å². The van der Waals surface area contributed by atoms with Crippen LogP contribution in [0.5, 0.6) is 0 Å². The van der Waals surface area contributed by atoms with Crippen molar-refractivity contribution in [1.29, 1.82) is 0 Å². The first-order valence-corrected chi connectivity index (χ1v) is 8.74. The molecular formula is C19H14BrN5O. The molecule has 128 valence electrons. The molecule has 1 amide bonds. The number of carbonyl (C=O) groups excluding carboxylic acids is 1. The number of rotatable bonds is 3. The third kappa shape index (κ3) is 3.34. The Labute approximate surface area is 158 Å². The summed E-state index contributed by atoms with van der Waals surface area (Å²) in [6, 6.07) is 15.1. The zero-order chi connectivity index (χ0) is 18.1. The molecule has 0 radical (unpaired) electrons. The molecule has 2 aromatic carbocycles. The van der Waals surface area contributed by atoms with Gasteiger partial charge in [0.15, 0.2) is 0 Å². The second-order valence-corrected chi connectivity index (χ2v) is 6.79. The summed E-state index contributed by atoms with van der Waals surface area (Å²) in [5.41, 5.74) is 4.65. The lowest BCUT2D eigenvalue weighted by molar-refractivity contribution is 0.102. The number of amides is 1. The molecule has 0 spiro atoms. The second kappa shape index (κ2) is 6.68. The molecule has 0 fully saturated rings. The normalized spacial score (nSPS) is 10.8. The fourth-order valence-corrected chi connectivity index (χ4v) is 2.89. The van der Waals surface area contributed by atoms with Gasteiger partial charge >= 0.3 is 0 Å². The number of nitrogens with one attached hydrogen (secondary N) is 1. The van der Waals surface area contributed by atoms with Crippen molar-refractivity contribution in [3.63, 3.8) is 0 Å². The molecule has 0 aliphatic carbocycles. The fraction of sp³-hybridized carbons (Fsp3) is 0.0526. The van der Waals surface area contributed by atoms with Gasteiger partial charge in [-0.2, -0.15) is 4.80 Å². The molecule has 2 heterocycles. The molecule has 0 unspecified atom stereocenters. The van der Waals surface area contributed by atoms with Crippen LogP contribution in [0.2, 0.25) is 0 Å². The molecule has 4 rings (SSSR count). The van der Waals surface area contributed by atoms with E-state index in [1.165, 1.54) is 11.8 Å². The summed E-state index contributed by atoms with van der Waals surface area (Å²) in [5.74, 6) is -0.232. The van der Waals surface area contributed by atoms with Gasteiger partial charge in [0.1, 0.15) is 11.0 Å². The molecule has 4 aromatic rings. The molecule has 1 N–H and O–H groups in total. The molecule has 0 atom stereocenters. The van der Waals surface area contributed by atoms with Gasteiger partial charge in [0.2, 0.25) is 0 Å². The summed E-state index contributed by atoms with van der Waals surface area (Å²) >= 11 is 3.31. The van der Waals surface area contributed by atoms with Crippen molar-refractivity contribution < 1.29 is 4.79 Å². The van der Waals surface area contributed by atoms with Crippen LogP contribution < -0.4 is 5.32 Å². The van der Waals surface area contributed by atoms with Crippen molar-refractivity contribution in [2.45, 2.75) is 6.92 Å². The number of benzene rings is 2. The van der Waals surface area contributed by atoms with E-state index in [2.05, 4.69) is 36.4 Å². The highest BCUT2D eigenvalue weighted by atomic mass is 79.9. The summed E-state index contributed by atoms with van der Waals surface area (Å²) < 4.78 is 0.752. The van der Waals surface area contributed by atoms with Crippen molar-refractivity contribution in [3.05, 3.63) is 76.5 Å². The molecule has 0 saturated heterocycles. The third-order valence-electron chi connectivity index (χ3n) is 3.87. The minimum Gasteiger partial charge on any atom is -0.322 e. The average Bonchev–Trinajstić information content (AvgIpc) is 3.05. The zero-order valence-electron chi connectivity index (χ0n) is 13.8. The number of anilines is 1. The van der Waals surface area contributed by atoms with Crippen LogP contribution in [0.15, 0.2) is 65.4 Å². The maximum Gasteiger partial charge on any atom is 0.257 e. The Morgan fingerprint density at radius 3 is 2.54 bits per heavy atom. The van der Waals surface area contributed by atoms with Crippen molar-refractivity contribution in [2.75, 3.05) is 5.32 Å². The van der Waals surface area contributed by atoms with E-state index in [4.69, 9.17) is 0 Å². The Hall–Kier alpha value is -3.06. The molecule has 0 aliphatic heterocycles. The number of pyridine rings is 1. The SMILES string of the molecule is Cc1ccc(-n2nc3ccc(NC(=O)c4cncc(Br)c4)cc3n2)cc1. The van der Waals surface area contributed by atoms with Crippen molar-refractivity contribution >= 4 is 38.6 Å². The summed E-state index contributed by atoms with van der Waals surface area (Å²) in [4.78, 5) is 17.9. The van der Waals surface area contributed by atoms with Crippen LogP contribution in [-0.4, -0.2) is 25.9 Å². The van der Waals surface area contributed by atoms with Crippen molar-refractivity contribution in [1.82, 2.24) is 20.0 Å². The van der Waals surface area contributed by atoms with E-state index < -0.39 is 0 Å². The predicted octanol–water partition coefficient (Wildman–Crippen LogP) is 4.14. The van der Waals surface area contributed by atoms with Gasteiger partial charge in [-0.3, -0.25) is 9.78 Å². The van der Waals surface area contributed by atoms with Gasteiger partial charge in [0.05, 0.1) is 11.3 Å². The standard InChI is InChI=1S/C19H14BrN5O/c1-12-2-5-16(6-3-12)25-23-17-7-4-15(9-18(17)24-25)22-19(26)13-8-14(20)11-21-10-13/h2-11H,1H3,(H,22,26). The number of carbonyl (C=O) groups is 1. The Balaban J connectivity index is 1.61. The maximum absolute atomic E-state index is 12.3. The Bertz CT molecular complexity index is 1100. The molecule has 6 nitrogen and oxygen atoms in total. The number of halogens is 1. The van der Waals surface area contributed by atoms with Crippen LogP contribution >= 0.6 is 15.9 Å². The fourth-order valence-electron chi connectivity index (χ4n) is 2.53.